The van der Waals surface area contributed by atoms with Crippen LogP contribution in [0.1, 0.15) is 52.5 Å². The number of carboxylic acids is 1. The van der Waals surface area contributed by atoms with Crippen molar-refractivity contribution < 1.29 is 24.2 Å². The van der Waals surface area contributed by atoms with Gasteiger partial charge >= 0.3 is 5.97 Å². The smallest absolute Gasteiger partial charge is 0.335 e. The van der Waals surface area contributed by atoms with Crippen molar-refractivity contribution >= 4 is 29.2 Å². The van der Waals surface area contributed by atoms with Crippen molar-refractivity contribution in [3.8, 4) is 5.75 Å². The summed E-state index contributed by atoms with van der Waals surface area (Å²) in [5, 5.41) is 14.4. The first-order valence-corrected chi connectivity index (χ1v) is 10.6. The molecule has 0 saturated carbocycles. The van der Waals surface area contributed by atoms with E-state index in [2.05, 4.69) is 24.5 Å². The molecule has 33 heavy (non-hydrogen) atoms. The Bertz CT molecular complexity index is 1120. The van der Waals surface area contributed by atoms with Gasteiger partial charge in [-0.05, 0) is 72.5 Å². The average molecular weight is 447 g/mol. The Kier molecular flexibility index (Phi) is 7.81. The number of nitrogens with one attached hydrogen (secondary N) is 2. The number of carboxylic acid groups (broad SMARTS) is 1. The van der Waals surface area contributed by atoms with Crippen molar-refractivity contribution in [1.29, 1.82) is 0 Å². The Morgan fingerprint density at radius 1 is 0.879 bits per heavy atom. The summed E-state index contributed by atoms with van der Waals surface area (Å²) in [5.41, 5.74) is 2.63. The van der Waals surface area contributed by atoms with Gasteiger partial charge in [-0.3, -0.25) is 9.59 Å². The van der Waals surface area contributed by atoms with Crippen LogP contribution in [0.4, 0.5) is 11.4 Å². The van der Waals surface area contributed by atoms with E-state index in [0.717, 1.165) is 6.42 Å². The maximum atomic E-state index is 12.5. The summed E-state index contributed by atoms with van der Waals surface area (Å²) in [6.07, 6.45) is 1.05. The fourth-order valence-corrected chi connectivity index (χ4v) is 3.11. The van der Waals surface area contributed by atoms with Crippen molar-refractivity contribution in [3.05, 3.63) is 89.5 Å². The van der Waals surface area contributed by atoms with Crippen LogP contribution in [0.25, 0.3) is 0 Å². The van der Waals surface area contributed by atoms with Crippen molar-refractivity contribution in [2.24, 2.45) is 0 Å². The number of hydrogen-bond donors (Lipinski definition) is 3. The summed E-state index contributed by atoms with van der Waals surface area (Å²) < 4.78 is 5.56. The number of benzene rings is 3. The van der Waals surface area contributed by atoms with Gasteiger partial charge in [0.05, 0.1) is 5.56 Å². The zero-order valence-corrected chi connectivity index (χ0v) is 18.5. The number of carbonyl (C=O) groups excluding carboxylic acids is 2. The van der Waals surface area contributed by atoms with Gasteiger partial charge in [-0.15, -0.1) is 0 Å². The number of aromatic carboxylic acids is 1. The Balaban J connectivity index is 1.54. The van der Waals surface area contributed by atoms with Crippen LogP contribution >= 0.6 is 0 Å². The first kappa shape index (κ1) is 23.5. The van der Waals surface area contributed by atoms with Crippen LogP contribution < -0.4 is 15.4 Å². The summed E-state index contributed by atoms with van der Waals surface area (Å²) in [4.78, 5) is 35.7. The summed E-state index contributed by atoms with van der Waals surface area (Å²) in [7, 11) is 0. The predicted molar refractivity (Wildman–Crippen MR) is 127 cm³/mol. The Labute approximate surface area is 192 Å². The SMILES string of the molecule is CC[C@@H](C)c1ccc(OCC(=O)Nc2cccc(C(=O)Nc3ccc(C(=O)O)cc3)c2)cc1. The molecule has 3 aromatic rings. The van der Waals surface area contributed by atoms with E-state index in [1.807, 2.05) is 24.3 Å². The third-order valence-corrected chi connectivity index (χ3v) is 5.23. The number of amides is 2. The quantitative estimate of drug-likeness (QED) is 0.421. The Morgan fingerprint density at radius 3 is 2.21 bits per heavy atom. The molecule has 0 aliphatic carbocycles. The van der Waals surface area contributed by atoms with Crippen LogP contribution in [0.15, 0.2) is 72.8 Å². The minimum atomic E-state index is -1.04. The minimum Gasteiger partial charge on any atom is -0.484 e. The molecule has 0 bridgehead atoms. The standard InChI is InChI=1S/C26H26N2O5/c1-3-17(2)18-9-13-23(14-10-18)33-16-24(29)27-22-6-4-5-20(15-22)25(30)28-21-11-7-19(8-12-21)26(31)32/h4-15,17H,3,16H2,1-2H3,(H,27,29)(H,28,30)(H,31,32)/t17-/m1/s1. The number of anilines is 2. The zero-order chi connectivity index (χ0) is 23.8. The molecule has 0 aromatic heterocycles. The molecule has 0 aliphatic heterocycles. The molecule has 7 heteroatoms. The molecule has 2 amide bonds. The Hall–Kier alpha value is -4.13. The van der Waals surface area contributed by atoms with E-state index in [1.54, 1.807) is 24.3 Å². The molecule has 1 atom stereocenters. The van der Waals surface area contributed by atoms with Gasteiger partial charge in [0.2, 0.25) is 0 Å². The van der Waals surface area contributed by atoms with Crippen LogP contribution in [0, 0.1) is 0 Å². The molecule has 170 valence electrons. The summed E-state index contributed by atoms with van der Waals surface area (Å²) >= 11 is 0. The van der Waals surface area contributed by atoms with Gasteiger partial charge in [0.1, 0.15) is 5.75 Å². The lowest BCUT2D eigenvalue weighted by molar-refractivity contribution is -0.118. The van der Waals surface area contributed by atoms with Gasteiger partial charge in [0, 0.05) is 16.9 Å². The highest BCUT2D eigenvalue weighted by molar-refractivity contribution is 6.05. The van der Waals surface area contributed by atoms with E-state index < -0.39 is 5.97 Å². The molecule has 0 heterocycles. The molecule has 0 aliphatic rings. The highest BCUT2D eigenvalue weighted by Crippen LogP contribution is 2.21. The summed E-state index contributed by atoms with van der Waals surface area (Å²) in [5.74, 6) is -0.687. The van der Waals surface area contributed by atoms with E-state index in [1.165, 1.54) is 29.8 Å². The van der Waals surface area contributed by atoms with E-state index in [0.29, 0.717) is 28.6 Å². The average Bonchev–Trinajstić information content (AvgIpc) is 2.83. The van der Waals surface area contributed by atoms with E-state index in [4.69, 9.17) is 9.84 Å². The van der Waals surface area contributed by atoms with Crippen molar-refractivity contribution in [2.75, 3.05) is 17.2 Å². The number of hydrogen-bond acceptors (Lipinski definition) is 4. The second-order valence-electron chi connectivity index (χ2n) is 7.63. The van der Waals surface area contributed by atoms with Gasteiger partial charge in [-0.1, -0.05) is 32.0 Å². The van der Waals surface area contributed by atoms with Crippen molar-refractivity contribution in [3.63, 3.8) is 0 Å². The van der Waals surface area contributed by atoms with Crippen molar-refractivity contribution in [2.45, 2.75) is 26.2 Å². The fraction of sp³-hybridized carbons (Fsp3) is 0.192. The van der Waals surface area contributed by atoms with Crippen LogP contribution in [-0.2, 0) is 4.79 Å². The molecule has 0 saturated heterocycles. The summed E-state index contributed by atoms with van der Waals surface area (Å²) in [6, 6.07) is 20.1. The third kappa shape index (κ3) is 6.67. The van der Waals surface area contributed by atoms with Gasteiger partial charge < -0.3 is 20.5 Å². The third-order valence-electron chi connectivity index (χ3n) is 5.23. The first-order chi connectivity index (χ1) is 15.9. The summed E-state index contributed by atoms with van der Waals surface area (Å²) in [6.45, 7) is 4.14. The van der Waals surface area contributed by atoms with E-state index in [-0.39, 0.29) is 24.0 Å². The van der Waals surface area contributed by atoms with Crippen LogP contribution in [0.3, 0.4) is 0 Å². The molecular weight excluding hydrogens is 420 g/mol. The molecule has 0 radical (unpaired) electrons. The van der Waals surface area contributed by atoms with Crippen LogP contribution in [0.5, 0.6) is 5.75 Å². The lowest BCUT2D eigenvalue weighted by Gasteiger charge is -2.11. The van der Waals surface area contributed by atoms with Crippen LogP contribution in [-0.4, -0.2) is 29.5 Å². The fourth-order valence-electron chi connectivity index (χ4n) is 3.11. The number of ether oxygens (including phenoxy) is 1. The first-order valence-electron chi connectivity index (χ1n) is 10.6. The maximum absolute atomic E-state index is 12.5. The molecular formula is C26H26N2O5. The lowest BCUT2D eigenvalue weighted by Crippen LogP contribution is -2.20. The van der Waals surface area contributed by atoms with Crippen LogP contribution in [0.2, 0.25) is 0 Å². The molecule has 3 aromatic carbocycles. The van der Waals surface area contributed by atoms with Gasteiger partial charge in [0.15, 0.2) is 6.61 Å². The highest BCUT2D eigenvalue weighted by atomic mass is 16.5. The molecule has 0 unspecified atom stereocenters. The second kappa shape index (κ2) is 10.9. The topological polar surface area (TPSA) is 105 Å². The molecule has 0 spiro atoms. The lowest BCUT2D eigenvalue weighted by atomic mass is 9.99. The van der Waals surface area contributed by atoms with Gasteiger partial charge in [-0.2, -0.15) is 0 Å². The number of carbonyl (C=O) groups is 3. The van der Waals surface area contributed by atoms with Crippen molar-refractivity contribution in [1.82, 2.24) is 0 Å². The maximum Gasteiger partial charge on any atom is 0.335 e. The van der Waals surface area contributed by atoms with E-state index in [9.17, 15) is 14.4 Å². The van der Waals surface area contributed by atoms with E-state index >= 15 is 0 Å². The largest absolute Gasteiger partial charge is 0.484 e. The van der Waals surface area contributed by atoms with Gasteiger partial charge in [0.25, 0.3) is 11.8 Å². The monoisotopic (exact) mass is 446 g/mol. The highest BCUT2D eigenvalue weighted by Gasteiger charge is 2.10. The van der Waals surface area contributed by atoms with Gasteiger partial charge in [-0.25, -0.2) is 4.79 Å². The molecule has 0 fully saturated rings. The minimum absolute atomic E-state index is 0.131. The normalized spacial score (nSPS) is 11.3. The zero-order valence-electron chi connectivity index (χ0n) is 18.5. The molecule has 7 nitrogen and oxygen atoms in total. The number of rotatable bonds is 9. The Morgan fingerprint density at radius 2 is 1.58 bits per heavy atom. The second-order valence-corrected chi connectivity index (χ2v) is 7.63. The molecule has 3 N–H and O–H groups in total. The molecule has 3 rings (SSSR count). The predicted octanol–water partition coefficient (Wildman–Crippen LogP) is 5.17.